The molecule has 0 radical (unpaired) electrons. The number of aromatic amines is 1. The maximum Gasteiger partial charge on any atom is 0.458 e. The van der Waals surface area contributed by atoms with Gasteiger partial charge in [0.1, 0.15) is 5.69 Å². The van der Waals surface area contributed by atoms with Gasteiger partial charge in [0, 0.05) is 30.3 Å². The van der Waals surface area contributed by atoms with Gasteiger partial charge in [-0.05, 0) is 29.8 Å². The average Bonchev–Trinajstić information content (AvgIpc) is 3.27. The number of nitrogens with zero attached hydrogens (tertiary/aromatic N) is 5. The van der Waals surface area contributed by atoms with Gasteiger partial charge in [-0.25, -0.2) is 5.10 Å². The molecular formula is C19H15N6OS+. The first-order chi connectivity index (χ1) is 13.2. The third-order valence-corrected chi connectivity index (χ3v) is 5.01. The number of aryl methyl sites for hydroxylation is 2. The summed E-state index contributed by atoms with van der Waals surface area (Å²) in [4.78, 5) is 8.80. The van der Waals surface area contributed by atoms with Crippen molar-refractivity contribution >= 4 is 28.3 Å². The van der Waals surface area contributed by atoms with Gasteiger partial charge in [0.05, 0.1) is 0 Å². The number of hydrogen-bond acceptors (Lipinski definition) is 6. The van der Waals surface area contributed by atoms with Crippen LogP contribution < -0.4 is 4.52 Å². The second kappa shape index (κ2) is 6.17. The van der Waals surface area contributed by atoms with Crippen molar-refractivity contribution in [2.45, 2.75) is 24.1 Å². The second-order valence-electron chi connectivity index (χ2n) is 6.22. The van der Waals surface area contributed by atoms with E-state index in [0.717, 1.165) is 27.5 Å². The summed E-state index contributed by atoms with van der Waals surface area (Å²) in [5.74, 6) is 1.90. The molecule has 0 bridgehead atoms. The summed E-state index contributed by atoms with van der Waals surface area (Å²) in [6, 6.07) is 16.2. The van der Waals surface area contributed by atoms with E-state index in [1.807, 2.05) is 42.6 Å². The van der Waals surface area contributed by atoms with E-state index < -0.39 is 0 Å². The van der Waals surface area contributed by atoms with Gasteiger partial charge in [0.2, 0.25) is 11.7 Å². The Balaban J connectivity index is 1.50. The molecule has 5 aromatic rings. The Morgan fingerprint density at radius 3 is 2.70 bits per heavy atom. The molecule has 2 aromatic carbocycles. The number of aromatic nitrogens is 6. The fraction of sp³-hybridized carbons (Fsp3) is 0.105. The molecule has 0 amide bonds. The molecule has 0 unspecified atom stereocenters. The van der Waals surface area contributed by atoms with E-state index in [4.69, 9.17) is 4.42 Å². The van der Waals surface area contributed by atoms with Crippen LogP contribution in [0.4, 0.5) is 0 Å². The Morgan fingerprint density at radius 1 is 0.963 bits per heavy atom. The minimum absolute atomic E-state index is 0.463. The Kier molecular flexibility index (Phi) is 3.64. The van der Waals surface area contributed by atoms with E-state index in [0.29, 0.717) is 16.9 Å². The van der Waals surface area contributed by atoms with E-state index >= 15 is 0 Å². The number of fused-ring (bicyclic) bond motifs is 2. The summed E-state index contributed by atoms with van der Waals surface area (Å²) in [5, 5.41) is 15.2. The summed E-state index contributed by atoms with van der Waals surface area (Å²) in [6.45, 7) is 3.82. The van der Waals surface area contributed by atoms with Gasteiger partial charge in [-0.2, -0.15) is 0 Å². The molecule has 0 aliphatic rings. The Bertz CT molecular complexity index is 1290. The summed E-state index contributed by atoms with van der Waals surface area (Å²) in [7, 11) is 0. The van der Waals surface area contributed by atoms with Gasteiger partial charge < -0.3 is 4.42 Å². The topological polar surface area (TPSA) is 84.6 Å². The van der Waals surface area contributed by atoms with Crippen molar-refractivity contribution in [1.29, 1.82) is 0 Å². The highest BCUT2D eigenvalue weighted by Gasteiger charge is 2.19. The quantitative estimate of drug-likeness (QED) is 0.384. The van der Waals surface area contributed by atoms with Gasteiger partial charge in [-0.15, -0.1) is 14.7 Å². The molecule has 5 rings (SSSR count). The molecule has 0 atom stereocenters. The van der Waals surface area contributed by atoms with Crippen LogP contribution in [0.2, 0.25) is 0 Å². The van der Waals surface area contributed by atoms with Crippen LogP contribution >= 0.6 is 11.8 Å². The number of H-pyrrole nitrogens is 1. The number of rotatable bonds is 3. The lowest BCUT2D eigenvalue weighted by Gasteiger charge is -1.99. The van der Waals surface area contributed by atoms with Crippen molar-refractivity contribution in [3.8, 4) is 11.5 Å². The largest absolute Gasteiger partial charge is 0.458 e. The Morgan fingerprint density at radius 2 is 1.81 bits per heavy atom. The molecule has 0 fully saturated rings. The average molecular weight is 375 g/mol. The minimum Gasteiger partial charge on any atom is -0.411 e. The molecule has 27 heavy (non-hydrogen) atoms. The number of benzene rings is 2. The van der Waals surface area contributed by atoms with Crippen LogP contribution in [0.3, 0.4) is 0 Å². The van der Waals surface area contributed by atoms with E-state index in [1.54, 1.807) is 0 Å². The van der Waals surface area contributed by atoms with Gasteiger partial charge in [0.15, 0.2) is 5.03 Å². The number of hydrogen-bond donors (Lipinski definition) is 1. The maximum atomic E-state index is 5.89. The van der Waals surface area contributed by atoms with Crippen LogP contribution in [-0.2, 0) is 0 Å². The predicted molar refractivity (Wildman–Crippen MR) is 100 cm³/mol. The van der Waals surface area contributed by atoms with Crippen LogP contribution in [0.25, 0.3) is 28.0 Å². The molecule has 0 saturated heterocycles. The van der Waals surface area contributed by atoms with Crippen molar-refractivity contribution < 1.29 is 8.93 Å². The zero-order valence-corrected chi connectivity index (χ0v) is 15.5. The Labute approximate surface area is 158 Å². The summed E-state index contributed by atoms with van der Waals surface area (Å²) >= 11 is 1.38. The summed E-state index contributed by atoms with van der Waals surface area (Å²) in [6.07, 6.45) is 0. The normalized spacial score (nSPS) is 11.5. The first kappa shape index (κ1) is 16.0. The van der Waals surface area contributed by atoms with Crippen molar-refractivity contribution in [3.05, 3.63) is 60.0 Å². The SMILES string of the molecule is Cc1cc(Sc2nnc(-c3ccc4ccccc4c3)o2)[n+]2[nH]c(C)nc2n1. The van der Waals surface area contributed by atoms with Gasteiger partial charge in [0.25, 0.3) is 5.22 Å². The van der Waals surface area contributed by atoms with E-state index in [1.165, 1.54) is 17.1 Å². The lowest BCUT2D eigenvalue weighted by atomic mass is 10.1. The zero-order valence-electron chi connectivity index (χ0n) is 14.7. The molecule has 0 saturated carbocycles. The maximum absolute atomic E-state index is 5.89. The fourth-order valence-corrected chi connectivity index (χ4v) is 3.78. The zero-order chi connectivity index (χ0) is 18.4. The molecule has 0 spiro atoms. The molecular weight excluding hydrogens is 360 g/mol. The van der Waals surface area contributed by atoms with Crippen LogP contribution in [0, 0.1) is 13.8 Å². The highest BCUT2D eigenvalue weighted by molar-refractivity contribution is 7.98. The van der Waals surface area contributed by atoms with Crippen LogP contribution in [0.5, 0.6) is 0 Å². The lowest BCUT2D eigenvalue weighted by molar-refractivity contribution is -0.620. The number of nitrogens with one attached hydrogen (secondary N) is 1. The lowest BCUT2D eigenvalue weighted by Crippen LogP contribution is -2.27. The van der Waals surface area contributed by atoms with Crippen molar-refractivity contribution in [1.82, 2.24) is 25.3 Å². The van der Waals surface area contributed by atoms with E-state index in [-0.39, 0.29) is 0 Å². The summed E-state index contributed by atoms with van der Waals surface area (Å²) < 4.78 is 7.70. The fourth-order valence-electron chi connectivity index (χ4n) is 2.95. The van der Waals surface area contributed by atoms with Gasteiger partial charge in [-0.3, -0.25) is 0 Å². The highest BCUT2D eigenvalue weighted by atomic mass is 32.2. The molecule has 3 heterocycles. The minimum atomic E-state index is 0.463. The van der Waals surface area contributed by atoms with Crippen molar-refractivity contribution in [2.24, 2.45) is 0 Å². The molecule has 0 aliphatic carbocycles. The molecule has 7 nitrogen and oxygen atoms in total. The smallest absolute Gasteiger partial charge is 0.411 e. The van der Waals surface area contributed by atoms with Crippen LogP contribution in [0.15, 0.2) is 63.2 Å². The second-order valence-corrected chi connectivity index (χ2v) is 7.19. The van der Waals surface area contributed by atoms with Crippen LogP contribution in [-0.4, -0.2) is 25.3 Å². The highest BCUT2D eigenvalue weighted by Crippen LogP contribution is 2.29. The van der Waals surface area contributed by atoms with Gasteiger partial charge in [-0.1, -0.05) is 40.3 Å². The van der Waals surface area contributed by atoms with Crippen molar-refractivity contribution in [2.75, 3.05) is 0 Å². The molecule has 0 aliphatic heterocycles. The van der Waals surface area contributed by atoms with Crippen LogP contribution in [0.1, 0.15) is 11.5 Å². The molecule has 1 N–H and O–H groups in total. The van der Waals surface area contributed by atoms with Crippen molar-refractivity contribution in [3.63, 3.8) is 0 Å². The summed E-state index contributed by atoms with van der Waals surface area (Å²) in [5.41, 5.74) is 1.77. The first-order valence-electron chi connectivity index (χ1n) is 8.42. The molecule has 132 valence electrons. The van der Waals surface area contributed by atoms with E-state index in [2.05, 4.69) is 49.5 Å². The monoisotopic (exact) mass is 375 g/mol. The molecule has 3 aromatic heterocycles. The van der Waals surface area contributed by atoms with Gasteiger partial charge >= 0.3 is 5.78 Å². The standard InChI is InChI=1S/C19H14N6OS/c1-11-9-16(25-18(20-11)21-12(2)24-25)27-19-23-22-17(26-19)15-8-7-13-5-3-4-6-14(13)10-15/h3-10H,1-2H3/p+1. The van der Waals surface area contributed by atoms with E-state index in [9.17, 15) is 0 Å². The third-order valence-electron chi connectivity index (χ3n) is 4.17. The third kappa shape index (κ3) is 2.93. The molecule has 8 heteroatoms. The Hall–Kier alpha value is -3.26. The predicted octanol–water partition coefficient (Wildman–Crippen LogP) is 3.51. The first-order valence-corrected chi connectivity index (χ1v) is 9.24.